The van der Waals surface area contributed by atoms with Crippen LogP contribution in [0.15, 0.2) is 72.1 Å². The fraction of sp³-hybridized carbons (Fsp3) is 0.182. The summed E-state index contributed by atoms with van der Waals surface area (Å²) in [7, 11) is 0. The van der Waals surface area contributed by atoms with Gasteiger partial charge in [-0.2, -0.15) is 0 Å². The number of carbonyl (C=O) groups excluding carboxylic acids is 2. The average molecular weight is 394 g/mol. The van der Waals surface area contributed by atoms with E-state index >= 15 is 0 Å². The first-order valence-electron chi connectivity index (χ1n) is 9.11. The molecule has 2 N–H and O–H groups in total. The smallest absolute Gasteiger partial charge is 0.261 e. The summed E-state index contributed by atoms with van der Waals surface area (Å²) < 4.78 is 5.81. The Bertz CT molecular complexity index is 895. The molecule has 0 aliphatic heterocycles. The fourth-order valence-corrected chi connectivity index (χ4v) is 3.22. The highest BCUT2D eigenvalue weighted by Gasteiger charge is 2.07. The molecule has 0 aliphatic carbocycles. The molecular weight excluding hydrogens is 372 g/mol. The molecule has 0 saturated heterocycles. The summed E-state index contributed by atoms with van der Waals surface area (Å²) in [5.74, 6) is 1.37. The molecule has 144 valence electrons. The Kier molecular flexibility index (Phi) is 7.21. The number of benzene rings is 2. The van der Waals surface area contributed by atoms with Crippen LogP contribution in [0.4, 0.5) is 0 Å². The summed E-state index contributed by atoms with van der Waals surface area (Å²) in [6, 6.07) is 20.8. The molecule has 1 heterocycles. The Hall–Kier alpha value is -3.12. The van der Waals surface area contributed by atoms with Gasteiger partial charge in [0.1, 0.15) is 11.5 Å². The van der Waals surface area contributed by atoms with Crippen molar-refractivity contribution in [3.8, 4) is 11.5 Å². The predicted octanol–water partition coefficient (Wildman–Crippen LogP) is 4.37. The summed E-state index contributed by atoms with van der Waals surface area (Å²) in [4.78, 5) is 24.5. The SMILES string of the molecule is O=C(CCCNC(=O)c1cccs1)NCc1cccc(Oc2ccccc2)c1. The number of hydrogen-bond donors (Lipinski definition) is 2. The summed E-state index contributed by atoms with van der Waals surface area (Å²) in [5.41, 5.74) is 0.966. The van der Waals surface area contributed by atoms with E-state index in [0.717, 1.165) is 17.1 Å². The molecule has 0 unspecified atom stereocenters. The van der Waals surface area contributed by atoms with Gasteiger partial charge in [0, 0.05) is 19.5 Å². The molecule has 0 radical (unpaired) electrons. The molecule has 2 amide bonds. The maximum Gasteiger partial charge on any atom is 0.261 e. The molecule has 3 aromatic rings. The van der Waals surface area contributed by atoms with Gasteiger partial charge in [-0.3, -0.25) is 9.59 Å². The quantitative estimate of drug-likeness (QED) is 0.530. The minimum atomic E-state index is -0.0920. The summed E-state index contributed by atoms with van der Waals surface area (Å²) in [6.45, 7) is 0.914. The number of ether oxygens (including phenoxy) is 1. The summed E-state index contributed by atoms with van der Waals surface area (Å²) >= 11 is 1.40. The van der Waals surface area contributed by atoms with Gasteiger partial charge in [-0.15, -0.1) is 11.3 Å². The average Bonchev–Trinajstić information content (AvgIpc) is 3.26. The van der Waals surface area contributed by atoms with Crippen molar-refractivity contribution < 1.29 is 14.3 Å². The Morgan fingerprint density at radius 2 is 1.71 bits per heavy atom. The van der Waals surface area contributed by atoms with Crippen LogP contribution >= 0.6 is 11.3 Å². The zero-order chi connectivity index (χ0) is 19.6. The highest BCUT2D eigenvalue weighted by atomic mass is 32.1. The lowest BCUT2D eigenvalue weighted by atomic mass is 10.2. The largest absolute Gasteiger partial charge is 0.457 e. The van der Waals surface area contributed by atoms with E-state index in [1.165, 1.54) is 11.3 Å². The second kappa shape index (κ2) is 10.3. The van der Waals surface area contributed by atoms with E-state index < -0.39 is 0 Å². The number of para-hydroxylation sites is 1. The minimum Gasteiger partial charge on any atom is -0.457 e. The summed E-state index contributed by atoms with van der Waals surface area (Å²) in [5, 5.41) is 7.58. The van der Waals surface area contributed by atoms with Crippen LogP contribution in [0, 0.1) is 0 Å². The Labute approximate surface area is 168 Å². The number of hydrogen-bond acceptors (Lipinski definition) is 4. The molecule has 1 aromatic heterocycles. The molecule has 5 nitrogen and oxygen atoms in total. The highest BCUT2D eigenvalue weighted by Crippen LogP contribution is 2.21. The molecule has 2 aromatic carbocycles. The summed E-state index contributed by atoms with van der Waals surface area (Å²) in [6.07, 6.45) is 0.963. The van der Waals surface area contributed by atoms with Crippen molar-refractivity contribution in [2.45, 2.75) is 19.4 Å². The van der Waals surface area contributed by atoms with Gasteiger partial charge < -0.3 is 15.4 Å². The van der Waals surface area contributed by atoms with Gasteiger partial charge in [0.25, 0.3) is 5.91 Å². The van der Waals surface area contributed by atoms with Crippen molar-refractivity contribution in [3.63, 3.8) is 0 Å². The van der Waals surface area contributed by atoms with E-state index in [-0.39, 0.29) is 11.8 Å². The maximum atomic E-state index is 12.0. The third-order valence-corrected chi connectivity index (χ3v) is 4.85. The molecule has 0 bridgehead atoms. The van der Waals surface area contributed by atoms with Crippen molar-refractivity contribution >= 4 is 23.2 Å². The Morgan fingerprint density at radius 3 is 2.50 bits per heavy atom. The minimum absolute atomic E-state index is 0.0419. The maximum absolute atomic E-state index is 12.0. The van der Waals surface area contributed by atoms with Gasteiger partial charge in [0.05, 0.1) is 4.88 Å². The molecular formula is C22H22N2O3S. The van der Waals surface area contributed by atoms with E-state index in [9.17, 15) is 9.59 Å². The first-order chi connectivity index (χ1) is 13.7. The van der Waals surface area contributed by atoms with Crippen LogP contribution in [0.25, 0.3) is 0 Å². The Balaban J connectivity index is 1.37. The van der Waals surface area contributed by atoms with Gasteiger partial charge in [0.15, 0.2) is 0 Å². The van der Waals surface area contributed by atoms with Crippen LogP contribution < -0.4 is 15.4 Å². The molecule has 0 spiro atoms. The van der Waals surface area contributed by atoms with Crippen LogP contribution in [0.1, 0.15) is 28.1 Å². The van der Waals surface area contributed by atoms with Gasteiger partial charge in [0.2, 0.25) is 5.91 Å². The van der Waals surface area contributed by atoms with Gasteiger partial charge in [-0.05, 0) is 47.7 Å². The van der Waals surface area contributed by atoms with E-state index in [0.29, 0.717) is 30.8 Å². The van der Waals surface area contributed by atoms with Crippen molar-refractivity contribution in [2.75, 3.05) is 6.54 Å². The van der Waals surface area contributed by atoms with Gasteiger partial charge in [-0.25, -0.2) is 0 Å². The highest BCUT2D eigenvalue weighted by molar-refractivity contribution is 7.12. The monoisotopic (exact) mass is 394 g/mol. The van der Waals surface area contributed by atoms with Crippen LogP contribution in [0.3, 0.4) is 0 Å². The predicted molar refractivity (Wildman–Crippen MR) is 111 cm³/mol. The standard InChI is InChI=1S/C22H22N2O3S/c25-21(12-5-13-23-22(26)20-11-6-14-28-20)24-16-17-7-4-10-19(15-17)27-18-8-2-1-3-9-18/h1-4,6-11,14-15H,5,12-13,16H2,(H,23,26)(H,24,25). The van der Waals surface area contributed by atoms with Crippen molar-refractivity contribution in [1.29, 1.82) is 0 Å². The van der Waals surface area contributed by atoms with E-state index in [4.69, 9.17) is 4.74 Å². The number of thiophene rings is 1. The van der Waals surface area contributed by atoms with Crippen molar-refractivity contribution in [1.82, 2.24) is 10.6 Å². The van der Waals surface area contributed by atoms with Crippen LogP contribution in [0.5, 0.6) is 11.5 Å². The number of nitrogens with one attached hydrogen (secondary N) is 2. The Morgan fingerprint density at radius 1 is 0.893 bits per heavy atom. The van der Waals surface area contributed by atoms with Crippen molar-refractivity contribution in [2.24, 2.45) is 0 Å². The first kappa shape index (κ1) is 19.6. The van der Waals surface area contributed by atoms with E-state index in [2.05, 4.69) is 10.6 Å². The second-order valence-corrected chi connectivity index (χ2v) is 7.12. The molecule has 0 fully saturated rings. The third-order valence-electron chi connectivity index (χ3n) is 3.98. The second-order valence-electron chi connectivity index (χ2n) is 6.18. The normalized spacial score (nSPS) is 10.3. The third kappa shape index (κ3) is 6.25. The number of amides is 2. The zero-order valence-electron chi connectivity index (χ0n) is 15.4. The topological polar surface area (TPSA) is 67.4 Å². The van der Waals surface area contributed by atoms with E-state index in [1.54, 1.807) is 6.07 Å². The van der Waals surface area contributed by atoms with Crippen LogP contribution in [-0.2, 0) is 11.3 Å². The van der Waals surface area contributed by atoms with Crippen molar-refractivity contribution in [3.05, 3.63) is 82.6 Å². The molecule has 0 saturated carbocycles. The molecule has 6 heteroatoms. The molecule has 0 aliphatic rings. The lowest BCUT2D eigenvalue weighted by Crippen LogP contribution is -2.26. The number of carbonyl (C=O) groups is 2. The zero-order valence-corrected chi connectivity index (χ0v) is 16.2. The van der Waals surface area contributed by atoms with Gasteiger partial charge in [-0.1, -0.05) is 36.4 Å². The molecule has 28 heavy (non-hydrogen) atoms. The van der Waals surface area contributed by atoms with Crippen LogP contribution in [0.2, 0.25) is 0 Å². The van der Waals surface area contributed by atoms with E-state index in [1.807, 2.05) is 66.0 Å². The molecule has 0 atom stereocenters. The van der Waals surface area contributed by atoms with Gasteiger partial charge >= 0.3 is 0 Å². The first-order valence-corrected chi connectivity index (χ1v) is 9.99. The lowest BCUT2D eigenvalue weighted by molar-refractivity contribution is -0.121. The molecule has 3 rings (SSSR count). The number of rotatable bonds is 9. The fourth-order valence-electron chi connectivity index (χ4n) is 2.58. The van der Waals surface area contributed by atoms with Crippen LogP contribution in [-0.4, -0.2) is 18.4 Å². The lowest BCUT2D eigenvalue weighted by Gasteiger charge is -2.09.